The molecule has 0 bridgehead atoms. The van der Waals surface area contributed by atoms with Crippen molar-refractivity contribution in [1.29, 1.82) is 0 Å². The number of allylic oxidation sites excluding steroid dienone is 2. The highest BCUT2D eigenvalue weighted by molar-refractivity contribution is 6.31. The third kappa shape index (κ3) is 4.48. The molecule has 9 heteroatoms. The highest BCUT2D eigenvalue weighted by atomic mass is 35.5. The first-order valence-corrected chi connectivity index (χ1v) is 9.32. The monoisotopic (exact) mass is 432 g/mol. The Balaban J connectivity index is 1.89. The first-order valence-electron chi connectivity index (χ1n) is 8.94. The van der Waals surface area contributed by atoms with E-state index in [-0.39, 0.29) is 12.3 Å². The van der Waals surface area contributed by atoms with E-state index in [2.05, 4.69) is 22.5 Å². The molecule has 1 saturated heterocycles. The number of nitrogens with one attached hydrogen (secondary N) is 2. The van der Waals surface area contributed by atoms with E-state index in [1.807, 2.05) is 0 Å². The van der Waals surface area contributed by atoms with Crippen LogP contribution in [0.25, 0.3) is 0 Å². The van der Waals surface area contributed by atoms with E-state index >= 15 is 0 Å². The Morgan fingerprint density at radius 1 is 1.53 bits per heavy atom. The van der Waals surface area contributed by atoms with Crippen molar-refractivity contribution in [3.63, 3.8) is 0 Å². The number of amides is 1. The minimum absolute atomic E-state index is 0.0867. The van der Waals surface area contributed by atoms with Gasteiger partial charge in [-0.3, -0.25) is 15.8 Å². The van der Waals surface area contributed by atoms with Gasteiger partial charge < -0.3 is 15.0 Å². The van der Waals surface area contributed by atoms with Crippen molar-refractivity contribution < 1.29 is 18.3 Å². The number of benzene rings is 1. The van der Waals surface area contributed by atoms with Gasteiger partial charge in [-0.15, -0.1) is 10.8 Å². The van der Waals surface area contributed by atoms with Crippen LogP contribution in [-0.2, 0) is 15.1 Å². The standard InChI is InChI=1S/C21H19ClF2N4O2/c1-3-21(11-15(8-9-23)30-20(25)27-21)16-10-14(5-6-17(16)22)26-19(29)18-7-4-13(24)12-28(18)2/h1,4-7,10,12,15,18,20,27H,11,25H2,2H3,(H,26,29). The van der Waals surface area contributed by atoms with Gasteiger partial charge in [0.2, 0.25) is 0 Å². The summed E-state index contributed by atoms with van der Waals surface area (Å²) in [5.74, 6) is 4.08. The number of carbonyl (C=O) groups is 1. The van der Waals surface area contributed by atoms with Crippen molar-refractivity contribution in [3.8, 4) is 24.4 Å². The van der Waals surface area contributed by atoms with Crippen LogP contribution in [0.5, 0.6) is 0 Å². The molecule has 0 radical (unpaired) electrons. The fourth-order valence-electron chi connectivity index (χ4n) is 3.41. The van der Waals surface area contributed by atoms with E-state index in [4.69, 9.17) is 28.5 Å². The lowest BCUT2D eigenvalue weighted by Crippen LogP contribution is -2.59. The normalized spacial score (nSPS) is 28.1. The predicted octanol–water partition coefficient (Wildman–Crippen LogP) is 2.34. The van der Waals surface area contributed by atoms with Gasteiger partial charge in [0, 0.05) is 35.9 Å². The predicted molar refractivity (Wildman–Crippen MR) is 110 cm³/mol. The Morgan fingerprint density at radius 3 is 2.97 bits per heavy atom. The molecule has 2 aliphatic heterocycles. The molecule has 1 aromatic rings. The lowest BCUT2D eigenvalue weighted by atomic mass is 9.84. The number of hydrogen-bond donors (Lipinski definition) is 3. The Morgan fingerprint density at radius 2 is 2.30 bits per heavy atom. The van der Waals surface area contributed by atoms with E-state index in [9.17, 15) is 13.6 Å². The number of nitrogens with two attached hydrogens (primary N) is 1. The van der Waals surface area contributed by atoms with Crippen LogP contribution in [0.1, 0.15) is 12.0 Å². The number of likely N-dealkylation sites (N-methyl/N-ethyl adjacent to an activating group) is 1. The molecule has 1 amide bonds. The molecular formula is C21H19ClF2N4O2. The van der Waals surface area contributed by atoms with Crippen LogP contribution in [0.15, 0.2) is 42.4 Å². The van der Waals surface area contributed by atoms with Crippen LogP contribution in [0.4, 0.5) is 14.5 Å². The summed E-state index contributed by atoms with van der Waals surface area (Å²) in [6.45, 7) is 0. The van der Waals surface area contributed by atoms with Crippen LogP contribution in [0.3, 0.4) is 0 Å². The van der Waals surface area contributed by atoms with Crippen LogP contribution < -0.4 is 16.4 Å². The number of anilines is 1. The number of terminal acetylenes is 1. The highest BCUT2D eigenvalue weighted by Crippen LogP contribution is 2.37. The van der Waals surface area contributed by atoms with Crippen molar-refractivity contribution in [3.05, 3.63) is 53.0 Å². The van der Waals surface area contributed by atoms with E-state index in [0.717, 1.165) is 0 Å². The zero-order valence-electron chi connectivity index (χ0n) is 16.0. The Labute approximate surface area is 178 Å². The molecule has 2 aliphatic rings. The van der Waals surface area contributed by atoms with Gasteiger partial charge in [-0.05, 0) is 36.3 Å². The van der Waals surface area contributed by atoms with Crippen LogP contribution in [0, 0.1) is 24.4 Å². The molecule has 156 valence electrons. The Hall–Kier alpha value is -2.88. The zero-order chi connectivity index (χ0) is 21.9. The molecule has 4 atom stereocenters. The molecule has 1 aromatic carbocycles. The number of carbonyl (C=O) groups excluding carboxylic acids is 1. The minimum Gasteiger partial charge on any atom is -0.363 e. The quantitative estimate of drug-likeness (QED) is 0.639. The van der Waals surface area contributed by atoms with E-state index in [1.165, 1.54) is 29.4 Å². The number of halogens is 3. The SMILES string of the molecule is C#CC1(c2cc(NC(=O)C3C=CC(F)=CN3C)ccc2Cl)CC(C#CF)OC(N)N1. The summed E-state index contributed by atoms with van der Waals surface area (Å²) in [4.78, 5) is 14.1. The van der Waals surface area contributed by atoms with Gasteiger partial charge >= 0.3 is 0 Å². The molecular weight excluding hydrogens is 414 g/mol. The maximum absolute atomic E-state index is 13.3. The topological polar surface area (TPSA) is 79.6 Å². The molecule has 30 heavy (non-hydrogen) atoms. The van der Waals surface area contributed by atoms with Crippen LogP contribution in [-0.4, -0.2) is 36.4 Å². The summed E-state index contributed by atoms with van der Waals surface area (Å²) in [7, 11) is 1.59. The largest absolute Gasteiger partial charge is 0.363 e. The van der Waals surface area contributed by atoms with Gasteiger partial charge in [-0.25, -0.2) is 4.39 Å². The Kier molecular flexibility index (Phi) is 6.45. The van der Waals surface area contributed by atoms with Crippen LogP contribution in [0.2, 0.25) is 5.02 Å². The van der Waals surface area contributed by atoms with Crippen molar-refractivity contribution in [2.45, 2.75) is 30.5 Å². The lowest BCUT2D eigenvalue weighted by Gasteiger charge is -2.40. The van der Waals surface area contributed by atoms with Gasteiger partial charge in [-0.2, -0.15) is 0 Å². The maximum atomic E-state index is 13.3. The molecule has 2 heterocycles. The van der Waals surface area contributed by atoms with E-state index in [0.29, 0.717) is 16.3 Å². The third-order valence-electron chi connectivity index (χ3n) is 4.82. The summed E-state index contributed by atoms with van der Waals surface area (Å²) in [5.41, 5.74) is 5.53. The number of ether oxygens (including phenoxy) is 1. The summed E-state index contributed by atoms with van der Waals surface area (Å²) >= 11 is 6.39. The van der Waals surface area contributed by atoms with Gasteiger partial charge in [-0.1, -0.05) is 17.5 Å². The first-order chi connectivity index (χ1) is 14.3. The highest BCUT2D eigenvalue weighted by Gasteiger charge is 2.41. The number of hydrogen-bond acceptors (Lipinski definition) is 5. The third-order valence-corrected chi connectivity index (χ3v) is 5.15. The first kappa shape index (κ1) is 21.8. The van der Waals surface area contributed by atoms with Crippen molar-refractivity contribution in [2.24, 2.45) is 5.73 Å². The van der Waals surface area contributed by atoms with Gasteiger partial charge in [0.05, 0.1) is 0 Å². The fraction of sp³-hybridized carbons (Fsp3) is 0.286. The van der Waals surface area contributed by atoms with Gasteiger partial charge in [0.1, 0.15) is 29.7 Å². The second kappa shape index (κ2) is 8.86. The summed E-state index contributed by atoms with van der Waals surface area (Å²) in [5, 5.41) is 6.03. The number of nitrogens with zero attached hydrogens (tertiary/aromatic N) is 1. The van der Waals surface area contributed by atoms with Gasteiger partial charge in [0.15, 0.2) is 6.35 Å². The average molecular weight is 433 g/mol. The molecule has 6 nitrogen and oxygen atoms in total. The molecule has 1 fully saturated rings. The zero-order valence-corrected chi connectivity index (χ0v) is 16.7. The fourth-order valence-corrected chi connectivity index (χ4v) is 3.69. The number of rotatable bonds is 3. The molecule has 4 unspecified atom stereocenters. The molecule has 3 rings (SSSR count). The Bertz CT molecular complexity index is 1010. The molecule has 0 aromatic heterocycles. The average Bonchev–Trinajstić information content (AvgIpc) is 2.69. The molecule has 0 aliphatic carbocycles. The second-order valence-corrected chi connectivity index (χ2v) is 7.26. The van der Waals surface area contributed by atoms with E-state index in [1.54, 1.807) is 25.2 Å². The van der Waals surface area contributed by atoms with Crippen LogP contribution >= 0.6 is 11.6 Å². The van der Waals surface area contributed by atoms with Crippen molar-refractivity contribution in [2.75, 3.05) is 12.4 Å². The van der Waals surface area contributed by atoms with E-state index < -0.39 is 29.9 Å². The molecule has 4 N–H and O–H groups in total. The second-order valence-electron chi connectivity index (χ2n) is 6.85. The minimum atomic E-state index is -1.20. The summed E-state index contributed by atoms with van der Waals surface area (Å²) in [6, 6.07) is 4.09. The molecule has 0 saturated carbocycles. The van der Waals surface area contributed by atoms with Crippen molar-refractivity contribution >= 4 is 23.2 Å². The summed E-state index contributed by atoms with van der Waals surface area (Å²) in [6.07, 6.45) is 9.24. The van der Waals surface area contributed by atoms with Crippen molar-refractivity contribution in [1.82, 2.24) is 10.2 Å². The van der Waals surface area contributed by atoms with Gasteiger partial charge in [0.25, 0.3) is 5.91 Å². The smallest absolute Gasteiger partial charge is 0.251 e. The summed E-state index contributed by atoms with van der Waals surface area (Å²) < 4.78 is 31.2. The molecule has 0 spiro atoms. The lowest BCUT2D eigenvalue weighted by molar-refractivity contribution is -0.118. The maximum Gasteiger partial charge on any atom is 0.251 e.